The fourth-order valence-corrected chi connectivity index (χ4v) is 2.86. The van der Waals surface area contributed by atoms with E-state index in [4.69, 9.17) is 0 Å². The summed E-state index contributed by atoms with van der Waals surface area (Å²) in [4.78, 5) is 20.9. The Kier molecular flexibility index (Phi) is 5.11. The molecule has 0 unspecified atom stereocenters. The lowest BCUT2D eigenvalue weighted by Crippen LogP contribution is -2.46. The quantitative estimate of drug-likeness (QED) is 0.858. The highest BCUT2D eigenvalue weighted by atomic mass is 16.1. The number of hydrogen-bond acceptors (Lipinski definition) is 4. The number of anilines is 2. The first-order valence-electron chi connectivity index (χ1n) is 8.18. The van der Waals surface area contributed by atoms with E-state index in [-0.39, 0.29) is 5.91 Å². The number of aromatic nitrogens is 1. The summed E-state index contributed by atoms with van der Waals surface area (Å²) >= 11 is 0. The van der Waals surface area contributed by atoms with Gasteiger partial charge in [0.15, 0.2) is 0 Å². The Balaban J connectivity index is 1.64. The normalized spacial score (nSPS) is 14.3. The maximum atomic E-state index is 12.0. The van der Waals surface area contributed by atoms with Crippen LogP contribution in [0.3, 0.4) is 0 Å². The summed E-state index contributed by atoms with van der Waals surface area (Å²) in [6.07, 6.45) is 3.35. The fourth-order valence-electron chi connectivity index (χ4n) is 2.86. The minimum Gasteiger partial charge on any atom is -0.368 e. The molecule has 1 aromatic heterocycles. The molecule has 1 aliphatic rings. The lowest BCUT2D eigenvalue weighted by molar-refractivity contribution is 0.0953. The molecule has 1 aromatic carbocycles. The van der Waals surface area contributed by atoms with Crippen molar-refractivity contribution in [2.24, 2.45) is 0 Å². The molecule has 1 N–H and O–H groups in total. The van der Waals surface area contributed by atoms with E-state index >= 15 is 0 Å². The molecule has 1 saturated heterocycles. The highest BCUT2D eigenvalue weighted by molar-refractivity contribution is 5.93. The lowest BCUT2D eigenvalue weighted by Gasteiger charge is -2.37. The van der Waals surface area contributed by atoms with E-state index in [9.17, 15) is 4.79 Å². The highest BCUT2D eigenvalue weighted by Gasteiger charge is 2.18. The first kappa shape index (κ1) is 16.1. The molecule has 0 saturated carbocycles. The molecular weight excluding hydrogens is 300 g/mol. The van der Waals surface area contributed by atoms with Crippen LogP contribution in [0, 0.1) is 0 Å². The van der Waals surface area contributed by atoms with Gasteiger partial charge in [-0.3, -0.25) is 9.78 Å². The van der Waals surface area contributed by atoms with E-state index < -0.39 is 0 Å². The zero-order chi connectivity index (χ0) is 16.8. The third-order valence-corrected chi connectivity index (χ3v) is 4.15. The SMILES string of the molecule is C=CCNC(=O)c1cc(N2CCN(c3ccccc3)CC2)ccn1. The minimum atomic E-state index is -0.167. The van der Waals surface area contributed by atoms with E-state index in [2.05, 4.69) is 50.9 Å². The van der Waals surface area contributed by atoms with Gasteiger partial charge in [-0.1, -0.05) is 24.3 Å². The van der Waals surface area contributed by atoms with E-state index in [0.29, 0.717) is 12.2 Å². The van der Waals surface area contributed by atoms with E-state index in [1.807, 2.05) is 18.2 Å². The molecule has 0 bridgehead atoms. The summed E-state index contributed by atoms with van der Waals surface area (Å²) in [5, 5.41) is 2.76. The van der Waals surface area contributed by atoms with E-state index in [1.54, 1.807) is 12.3 Å². The molecule has 0 radical (unpaired) electrons. The van der Waals surface area contributed by atoms with Gasteiger partial charge < -0.3 is 15.1 Å². The number of para-hydroxylation sites is 1. The maximum absolute atomic E-state index is 12.0. The molecule has 124 valence electrons. The second-order valence-corrected chi connectivity index (χ2v) is 5.71. The van der Waals surface area contributed by atoms with E-state index in [1.165, 1.54) is 5.69 Å². The van der Waals surface area contributed by atoms with Crippen molar-refractivity contribution in [3.05, 3.63) is 67.0 Å². The number of piperazine rings is 1. The predicted molar refractivity (Wildman–Crippen MR) is 97.6 cm³/mol. The van der Waals surface area contributed by atoms with Gasteiger partial charge in [-0.2, -0.15) is 0 Å². The third kappa shape index (κ3) is 3.74. The van der Waals surface area contributed by atoms with Crippen molar-refractivity contribution in [1.82, 2.24) is 10.3 Å². The van der Waals surface area contributed by atoms with Gasteiger partial charge >= 0.3 is 0 Å². The standard InChI is InChI=1S/C19H22N4O/c1-2-9-21-19(24)18-15-17(8-10-20-18)23-13-11-22(12-14-23)16-6-4-3-5-7-16/h2-8,10,15H,1,9,11-14H2,(H,21,24). The molecule has 5 heteroatoms. The van der Waals surface area contributed by atoms with Crippen LogP contribution in [0.5, 0.6) is 0 Å². The first-order chi connectivity index (χ1) is 11.8. The monoisotopic (exact) mass is 322 g/mol. The van der Waals surface area contributed by atoms with Gasteiger partial charge in [-0.05, 0) is 24.3 Å². The van der Waals surface area contributed by atoms with Crippen molar-refractivity contribution in [2.45, 2.75) is 0 Å². The molecule has 2 heterocycles. The van der Waals surface area contributed by atoms with Gasteiger partial charge in [-0.15, -0.1) is 6.58 Å². The average Bonchev–Trinajstić information content (AvgIpc) is 2.67. The Morgan fingerprint density at radius 1 is 1.08 bits per heavy atom. The predicted octanol–water partition coefficient (Wildman–Crippen LogP) is 2.32. The van der Waals surface area contributed by atoms with Crippen LogP contribution in [0.25, 0.3) is 0 Å². The van der Waals surface area contributed by atoms with Crippen LogP contribution in [0.4, 0.5) is 11.4 Å². The average molecular weight is 322 g/mol. The summed E-state index contributed by atoms with van der Waals surface area (Å²) in [6.45, 7) is 7.82. The van der Waals surface area contributed by atoms with Gasteiger partial charge in [0.25, 0.3) is 5.91 Å². The maximum Gasteiger partial charge on any atom is 0.270 e. The molecule has 0 aliphatic carbocycles. The Hall–Kier alpha value is -2.82. The van der Waals surface area contributed by atoms with Crippen LogP contribution in [0.15, 0.2) is 61.3 Å². The second-order valence-electron chi connectivity index (χ2n) is 5.71. The Morgan fingerprint density at radius 2 is 1.75 bits per heavy atom. The molecule has 1 fully saturated rings. The Labute approximate surface area is 142 Å². The number of benzene rings is 1. The van der Waals surface area contributed by atoms with Crippen molar-refractivity contribution >= 4 is 17.3 Å². The molecule has 3 rings (SSSR count). The largest absolute Gasteiger partial charge is 0.368 e. The number of hydrogen-bond donors (Lipinski definition) is 1. The van der Waals surface area contributed by atoms with Crippen molar-refractivity contribution in [1.29, 1.82) is 0 Å². The second kappa shape index (κ2) is 7.64. The number of amides is 1. The summed E-state index contributed by atoms with van der Waals surface area (Å²) in [6, 6.07) is 14.3. The van der Waals surface area contributed by atoms with Gasteiger partial charge in [-0.25, -0.2) is 0 Å². The number of rotatable bonds is 5. The molecule has 1 amide bonds. The van der Waals surface area contributed by atoms with Gasteiger partial charge in [0, 0.05) is 50.3 Å². The summed E-state index contributed by atoms with van der Waals surface area (Å²) in [7, 11) is 0. The molecule has 0 atom stereocenters. The fraction of sp³-hybridized carbons (Fsp3) is 0.263. The van der Waals surface area contributed by atoms with Crippen LogP contribution in [-0.4, -0.2) is 43.6 Å². The summed E-state index contributed by atoms with van der Waals surface area (Å²) in [5.74, 6) is -0.167. The number of carbonyl (C=O) groups is 1. The number of carbonyl (C=O) groups excluding carboxylic acids is 1. The minimum absolute atomic E-state index is 0.167. The summed E-state index contributed by atoms with van der Waals surface area (Å²) in [5.41, 5.74) is 2.75. The van der Waals surface area contributed by atoms with Crippen LogP contribution in [-0.2, 0) is 0 Å². The van der Waals surface area contributed by atoms with Crippen molar-refractivity contribution in [3.8, 4) is 0 Å². The van der Waals surface area contributed by atoms with Crippen molar-refractivity contribution in [2.75, 3.05) is 42.5 Å². The lowest BCUT2D eigenvalue weighted by atomic mass is 10.2. The van der Waals surface area contributed by atoms with Crippen LogP contribution >= 0.6 is 0 Å². The Bertz CT molecular complexity index is 694. The zero-order valence-corrected chi connectivity index (χ0v) is 13.7. The smallest absolute Gasteiger partial charge is 0.270 e. The molecule has 5 nitrogen and oxygen atoms in total. The van der Waals surface area contributed by atoms with Crippen molar-refractivity contribution < 1.29 is 4.79 Å². The molecule has 1 aliphatic heterocycles. The molecule has 0 spiro atoms. The Morgan fingerprint density at radius 3 is 2.42 bits per heavy atom. The van der Waals surface area contributed by atoms with Gasteiger partial charge in [0.05, 0.1) is 0 Å². The third-order valence-electron chi connectivity index (χ3n) is 4.15. The zero-order valence-electron chi connectivity index (χ0n) is 13.7. The van der Waals surface area contributed by atoms with Crippen LogP contribution in [0.1, 0.15) is 10.5 Å². The van der Waals surface area contributed by atoms with Crippen molar-refractivity contribution in [3.63, 3.8) is 0 Å². The molecule has 24 heavy (non-hydrogen) atoms. The summed E-state index contributed by atoms with van der Waals surface area (Å²) < 4.78 is 0. The number of pyridine rings is 1. The first-order valence-corrected chi connectivity index (χ1v) is 8.18. The molecule has 2 aromatic rings. The van der Waals surface area contributed by atoms with E-state index in [0.717, 1.165) is 31.9 Å². The molecular formula is C19H22N4O. The van der Waals surface area contributed by atoms with Gasteiger partial charge in [0.2, 0.25) is 0 Å². The number of nitrogens with one attached hydrogen (secondary N) is 1. The topological polar surface area (TPSA) is 48.5 Å². The number of nitrogens with zero attached hydrogens (tertiary/aromatic N) is 3. The van der Waals surface area contributed by atoms with Crippen LogP contribution < -0.4 is 15.1 Å². The highest BCUT2D eigenvalue weighted by Crippen LogP contribution is 2.20. The van der Waals surface area contributed by atoms with Crippen LogP contribution in [0.2, 0.25) is 0 Å². The van der Waals surface area contributed by atoms with Gasteiger partial charge in [0.1, 0.15) is 5.69 Å².